The third kappa shape index (κ3) is 4.66. The fourth-order valence-electron chi connectivity index (χ4n) is 4.40. The molecule has 0 unspecified atom stereocenters. The van der Waals surface area contributed by atoms with Gasteiger partial charge >= 0.3 is 0 Å². The largest absolute Gasteiger partial charge is 0.350 e. The second-order valence-electron chi connectivity index (χ2n) is 8.22. The maximum atomic E-state index is 12.8. The Labute approximate surface area is 197 Å². The Kier molecular flexibility index (Phi) is 6.54. The number of aryl methyl sites for hydroxylation is 1. The van der Waals surface area contributed by atoms with Gasteiger partial charge in [-0.15, -0.1) is 0 Å². The van der Waals surface area contributed by atoms with Crippen molar-refractivity contribution in [2.45, 2.75) is 49.5 Å². The van der Waals surface area contributed by atoms with Crippen LogP contribution in [0.3, 0.4) is 0 Å². The zero-order valence-electron chi connectivity index (χ0n) is 17.7. The molecule has 4 rings (SSSR count). The lowest BCUT2D eigenvalue weighted by Gasteiger charge is -2.30. The van der Waals surface area contributed by atoms with E-state index in [4.69, 9.17) is 27.4 Å². The Hall–Kier alpha value is -2.06. The summed E-state index contributed by atoms with van der Waals surface area (Å²) >= 11 is 12.3. The predicted octanol–water partition coefficient (Wildman–Crippen LogP) is 5.57. The molecule has 1 aliphatic carbocycles. The first kappa shape index (κ1) is 23.1. The number of halogens is 2. The summed E-state index contributed by atoms with van der Waals surface area (Å²) in [7, 11) is -2.60. The van der Waals surface area contributed by atoms with Crippen LogP contribution in [-0.4, -0.2) is 32.5 Å². The molecule has 170 valence electrons. The third-order valence-electron chi connectivity index (χ3n) is 6.05. The number of amides is 1. The topological polar surface area (TPSA) is 88.3 Å². The second kappa shape index (κ2) is 9.06. The van der Waals surface area contributed by atoms with Crippen molar-refractivity contribution in [3.05, 3.63) is 63.3 Å². The standard InChI is InChI=1S/C23H24Cl2N2O4S/c1-13-3-8-22(32(29,30)31-2)17(9-13)14-4-6-16(7-5-14)26-23(28)21-12-18-19(25)10-15(24)11-20(18)27-21/h3,8-12,14,16,27H,4-7H2,1-2H3,(H,26,28). The average molecular weight is 495 g/mol. The van der Waals surface area contributed by atoms with Crippen LogP contribution in [0.4, 0.5) is 0 Å². The monoisotopic (exact) mass is 494 g/mol. The fraction of sp³-hybridized carbons (Fsp3) is 0.348. The van der Waals surface area contributed by atoms with Crippen LogP contribution < -0.4 is 5.32 Å². The summed E-state index contributed by atoms with van der Waals surface area (Å²) in [6, 6.07) is 10.4. The summed E-state index contributed by atoms with van der Waals surface area (Å²) in [6.07, 6.45) is 3.05. The van der Waals surface area contributed by atoms with E-state index in [0.717, 1.165) is 42.2 Å². The minimum Gasteiger partial charge on any atom is -0.350 e. The van der Waals surface area contributed by atoms with Gasteiger partial charge in [-0.2, -0.15) is 8.42 Å². The smallest absolute Gasteiger partial charge is 0.296 e. The van der Waals surface area contributed by atoms with E-state index in [1.807, 2.05) is 13.0 Å². The summed E-state index contributed by atoms with van der Waals surface area (Å²) in [4.78, 5) is 16.1. The van der Waals surface area contributed by atoms with Crippen LogP contribution in [0.1, 0.15) is 53.2 Å². The van der Waals surface area contributed by atoms with Crippen molar-refractivity contribution in [1.82, 2.24) is 10.3 Å². The van der Waals surface area contributed by atoms with Crippen LogP contribution >= 0.6 is 23.2 Å². The van der Waals surface area contributed by atoms with Crippen molar-refractivity contribution in [1.29, 1.82) is 0 Å². The molecule has 0 spiro atoms. The molecule has 0 radical (unpaired) electrons. The van der Waals surface area contributed by atoms with E-state index in [1.54, 1.807) is 30.3 Å². The second-order valence-corrected chi connectivity index (χ2v) is 10.7. The maximum absolute atomic E-state index is 12.8. The van der Waals surface area contributed by atoms with Crippen molar-refractivity contribution in [3.63, 3.8) is 0 Å². The Morgan fingerprint density at radius 3 is 2.50 bits per heavy atom. The van der Waals surface area contributed by atoms with Crippen molar-refractivity contribution < 1.29 is 17.4 Å². The Morgan fingerprint density at radius 1 is 1.09 bits per heavy atom. The van der Waals surface area contributed by atoms with Gasteiger partial charge in [0.05, 0.1) is 17.0 Å². The van der Waals surface area contributed by atoms with Crippen LogP contribution in [0, 0.1) is 6.92 Å². The molecule has 9 heteroatoms. The summed E-state index contributed by atoms with van der Waals surface area (Å²) in [6.45, 7) is 1.94. The van der Waals surface area contributed by atoms with Crippen LogP contribution in [0.15, 0.2) is 41.3 Å². The van der Waals surface area contributed by atoms with Gasteiger partial charge in [0.15, 0.2) is 0 Å². The Bertz CT molecular complexity index is 1280. The molecule has 0 aliphatic heterocycles. The molecule has 1 aromatic heterocycles. The molecule has 0 bridgehead atoms. The molecular weight excluding hydrogens is 471 g/mol. The van der Waals surface area contributed by atoms with E-state index in [-0.39, 0.29) is 22.8 Å². The lowest BCUT2D eigenvalue weighted by atomic mass is 9.81. The number of H-pyrrole nitrogens is 1. The van der Waals surface area contributed by atoms with Crippen molar-refractivity contribution in [2.24, 2.45) is 0 Å². The van der Waals surface area contributed by atoms with E-state index in [1.165, 1.54) is 7.11 Å². The fourth-order valence-corrected chi connectivity index (χ4v) is 5.88. The molecule has 1 heterocycles. The average Bonchev–Trinajstić information content (AvgIpc) is 3.19. The maximum Gasteiger partial charge on any atom is 0.296 e. The first-order chi connectivity index (χ1) is 15.2. The van der Waals surface area contributed by atoms with Gasteiger partial charge < -0.3 is 10.3 Å². The van der Waals surface area contributed by atoms with Gasteiger partial charge in [-0.1, -0.05) is 40.9 Å². The quantitative estimate of drug-likeness (QED) is 0.453. The number of aromatic nitrogens is 1. The van der Waals surface area contributed by atoms with E-state index in [2.05, 4.69) is 10.3 Å². The molecule has 0 atom stereocenters. The number of rotatable bonds is 5. The normalized spacial score (nSPS) is 19.2. The molecule has 6 nitrogen and oxygen atoms in total. The summed E-state index contributed by atoms with van der Waals surface area (Å²) in [5.41, 5.74) is 2.93. The molecule has 3 aromatic rings. The molecule has 0 saturated heterocycles. The van der Waals surface area contributed by atoms with Crippen LogP contribution in [0.25, 0.3) is 10.9 Å². The van der Waals surface area contributed by atoms with Crippen LogP contribution in [0.2, 0.25) is 10.0 Å². The highest BCUT2D eigenvalue weighted by Crippen LogP contribution is 2.37. The molecule has 2 N–H and O–H groups in total. The van der Waals surface area contributed by atoms with Crippen molar-refractivity contribution in [3.8, 4) is 0 Å². The lowest BCUT2D eigenvalue weighted by Crippen LogP contribution is -2.37. The molecule has 1 aliphatic rings. The zero-order valence-corrected chi connectivity index (χ0v) is 20.1. The van der Waals surface area contributed by atoms with Gasteiger partial charge in [0.1, 0.15) is 5.69 Å². The van der Waals surface area contributed by atoms with E-state index in [0.29, 0.717) is 21.3 Å². The number of aromatic amines is 1. The molecule has 1 saturated carbocycles. The summed E-state index contributed by atoms with van der Waals surface area (Å²) in [5.74, 6) is -0.105. The molecule has 1 fully saturated rings. The van der Waals surface area contributed by atoms with Gasteiger partial charge in [-0.3, -0.25) is 8.98 Å². The van der Waals surface area contributed by atoms with Gasteiger partial charge in [0.2, 0.25) is 0 Å². The first-order valence-electron chi connectivity index (χ1n) is 10.4. The van der Waals surface area contributed by atoms with Gasteiger partial charge in [0, 0.05) is 22.0 Å². The van der Waals surface area contributed by atoms with Crippen molar-refractivity contribution >= 4 is 50.1 Å². The van der Waals surface area contributed by atoms with E-state index in [9.17, 15) is 13.2 Å². The highest BCUT2D eigenvalue weighted by Gasteiger charge is 2.29. The van der Waals surface area contributed by atoms with Crippen molar-refractivity contribution in [2.75, 3.05) is 7.11 Å². The number of fused-ring (bicyclic) bond motifs is 1. The molecule has 1 amide bonds. The number of hydrogen-bond acceptors (Lipinski definition) is 4. The molecule has 32 heavy (non-hydrogen) atoms. The summed E-state index contributed by atoms with van der Waals surface area (Å²) in [5, 5.41) is 4.82. The minimum atomic E-state index is -3.78. The van der Waals surface area contributed by atoms with Crippen LogP contribution in [0.5, 0.6) is 0 Å². The SMILES string of the molecule is COS(=O)(=O)c1ccc(C)cc1C1CCC(NC(=O)c2cc3c(Cl)cc(Cl)cc3[nH]2)CC1. The Balaban J connectivity index is 1.45. The molecule has 2 aromatic carbocycles. The van der Waals surface area contributed by atoms with Gasteiger partial charge in [0.25, 0.3) is 16.0 Å². The lowest BCUT2D eigenvalue weighted by molar-refractivity contribution is 0.0921. The Morgan fingerprint density at radius 2 is 1.81 bits per heavy atom. The highest BCUT2D eigenvalue weighted by molar-refractivity contribution is 7.86. The zero-order chi connectivity index (χ0) is 23.0. The number of carbonyl (C=O) groups is 1. The third-order valence-corrected chi connectivity index (χ3v) is 7.93. The van der Waals surface area contributed by atoms with Gasteiger partial charge in [-0.25, -0.2) is 0 Å². The van der Waals surface area contributed by atoms with E-state index < -0.39 is 10.1 Å². The number of benzene rings is 2. The minimum absolute atomic E-state index is 0.0107. The number of nitrogens with one attached hydrogen (secondary N) is 2. The predicted molar refractivity (Wildman–Crippen MR) is 126 cm³/mol. The van der Waals surface area contributed by atoms with Crippen LogP contribution in [-0.2, 0) is 14.3 Å². The molecular formula is C23H24Cl2N2O4S. The first-order valence-corrected chi connectivity index (χ1v) is 12.5. The number of hydrogen-bond donors (Lipinski definition) is 2. The van der Waals surface area contributed by atoms with Gasteiger partial charge in [-0.05, 0) is 68.4 Å². The van der Waals surface area contributed by atoms with E-state index >= 15 is 0 Å². The highest BCUT2D eigenvalue weighted by atomic mass is 35.5. The number of carbonyl (C=O) groups excluding carboxylic acids is 1. The summed E-state index contributed by atoms with van der Waals surface area (Å²) < 4.78 is 29.5.